The highest BCUT2D eigenvalue weighted by Gasteiger charge is 2.12. The van der Waals surface area contributed by atoms with Crippen LogP contribution < -0.4 is 5.32 Å². The van der Waals surface area contributed by atoms with Crippen LogP contribution in [0.2, 0.25) is 0 Å². The summed E-state index contributed by atoms with van der Waals surface area (Å²) < 4.78 is 1.09. The van der Waals surface area contributed by atoms with Gasteiger partial charge in [-0.05, 0) is 55.7 Å². The third-order valence-corrected chi connectivity index (χ3v) is 3.63. The second kappa shape index (κ2) is 5.64. The highest BCUT2D eigenvalue weighted by atomic mass is 79.9. The lowest BCUT2D eigenvalue weighted by atomic mass is 10.1. The molecule has 0 radical (unpaired) electrons. The van der Waals surface area contributed by atoms with Crippen molar-refractivity contribution in [1.82, 2.24) is 4.90 Å². The molecular weight excluding hydrogens is 284 g/mol. The normalized spacial score (nSPS) is 15.9. The van der Waals surface area contributed by atoms with Crippen molar-refractivity contribution in [2.24, 2.45) is 0 Å². The molecule has 0 atom stereocenters. The first-order valence-corrected chi connectivity index (χ1v) is 6.77. The maximum atomic E-state index is 5.39. The van der Waals surface area contributed by atoms with Gasteiger partial charge in [0.25, 0.3) is 0 Å². The zero-order valence-electron chi connectivity index (χ0n) is 9.08. The van der Waals surface area contributed by atoms with Crippen LogP contribution in [0.1, 0.15) is 19.3 Å². The molecule has 4 heteroatoms. The van der Waals surface area contributed by atoms with Crippen LogP contribution >= 0.6 is 28.1 Å². The molecule has 0 spiro atoms. The van der Waals surface area contributed by atoms with Crippen molar-refractivity contribution in [3.63, 3.8) is 0 Å². The summed E-state index contributed by atoms with van der Waals surface area (Å²) in [4.78, 5) is 2.25. The highest BCUT2D eigenvalue weighted by Crippen LogP contribution is 2.16. The minimum atomic E-state index is 0.849. The standard InChI is InChI=1S/C12H15BrN2S/c13-10-4-6-11(7-5-10)14-12(16)15-8-2-1-3-9-15/h4-7H,1-3,8-9H2,(H,14,16). The SMILES string of the molecule is S=C(Nc1ccc(Br)cc1)N1CCCCC1. The van der Waals surface area contributed by atoms with Crippen LogP contribution in [0.3, 0.4) is 0 Å². The fraction of sp³-hybridized carbons (Fsp3) is 0.417. The van der Waals surface area contributed by atoms with E-state index in [4.69, 9.17) is 12.2 Å². The summed E-state index contributed by atoms with van der Waals surface area (Å²) in [5, 5.41) is 4.12. The van der Waals surface area contributed by atoms with Crippen molar-refractivity contribution in [3.8, 4) is 0 Å². The van der Waals surface area contributed by atoms with Gasteiger partial charge in [-0.3, -0.25) is 0 Å². The van der Waals surface area contributed by atoms with Crippen LogP contribution in [-0.4, -0.2) is 23.1 Å². The van der Waals surface area contributed by atoms with Crippen molar-refractivity contribution in [1.29, 1.82) is 0 Å². The van der Waals surface area contributed by atoms with Gasteiger partial charge in [0, 0.05) is 23.2 Å². The number of anilines is 1. The smallest absolute Gasteiger partial charge is 0.173 e. The highest BCUT2D eigenvalue weighted by molar-refractivity contribution is 9.10. The van der Waals surface area contributed by atoms with Crippen LogP contribution in [0.4, 0.5) is 5.69 Å². The van der Waals surface area contributed by atoms with Crippen molar-refractivity contribution in [2.75, 3.05) is 18.4 Å². The number of hydrogen-bond donors (Lipinski definition) is 1. The Hall–Kier alpha value is -0.610. The molecule has 0 amide bonds. The fourth-order valence-corrected chi connectivity index (χ4v) is 2.40. The molecule has 0 unspecified atom stereocenters. The first-order valence-electron chi connectivity index (χ1n) is 5.57. The van der Waals surface area contributed by atoms with E-state index in [2.05, 4.69) is 26.1 Å². The fourth-order valence-electron chi connectivity index (χ4n) is 1.83. The topological polar surface area (TPSA) is 15.3 Å². The molecule has 0 aromatic heterocycles. The number of rotatable bonds is 1. The number of nitrogens with one attached hydrogen (secondary N) is 1. The molecule has 1 N–H and O–H groups in total. The van der Waals surface area contributed by atoms with E-state index in [0.717, 1.165) is 28.4 Å². The van der Waals surface area contributed by atoms with E-state index in [-0.39, 0.29) is 0 Å². The van der Waals surface area contributed by atoms with E-state index in [1.807, 2.05) is 24.3 Å². The number of benzene rings is 1. The second-order valence-electron chi connectivity index (χ2n) is 3.98. The van der Waals surface area contributed by atoms with Gasteiger partial charge in [-0.2, -0.15) is 0 Å². The Kier molecular flexibility index (Phi) is 4.18. The zero-order valence-corrected chi connectivity index (χ0v) is 11.5. The molecule has 2 nitrogen and oxygen atoms in total. The maximum Gasteiger partial charge on any atom is 0.173 e. The molecule has 16 heavy (non-hydrogen) atoms. The van der Waals surface area contributed by atoms with Gasteiger partial charge >= 0.3 is 0 Å². The Morgan fingerprint density at radius 3 is 2.38 bits per heavy atom. The summed E-state index contributed by atoms with van der Waals surface area (Å²) in [5.74, 6) is 0. The maximum absolute atomic E-state index is 5.39. The summed E-state index contributed by atoms with van der Waals surface area (Å²) in [5.41, 5.74) is 1.05. The molecule has 1 saturated heterocycles. The van der Waals surface area contributed by atoms with E-state index < -0.39 is 0 Å². The number of thiocarbonyl (C=S) groups is 1. The molecule has 86 valence electrons. The molecule has 1 heterocycles. The Morgan fingerprint density at radius 2 is 1.75 bits per heavy atom. The Balaban J connectivity index is 1.93. The van der Waals surface area contributed by atoms with Crippen LogP contribution in [-0.2, 0) is 0 Å². The van der Waals surface area contributed by atoms with Gasteiger partial charge in [0.05, 0.1) is 0 Å². The number of halogens is 1. The molecular formula is C12H15BrN2S. The molecule has 1 aliphatic rings. The predicted molar refractivity (Wildman–Crippen MR) is 75.8 cm³/mol. The van der Waals surface area contributed by atoms with E-state index >= 15 is 0 Å². The van der Waals surface area contributed by atoms with Crippen molar-refractivity contribution >= 4 is 38.9 Å². The predicted octanol–water partition coefficient (Wildman–Crippen LogP) is 3.63. The van der Waals surface area contributed by atoms with Crippen LogP contribution in [0.25, 0.3) is 0 Å². The minimum absolute atomic E-state index is 0.849. The molecule has 1 aliphatic heterocycles. The van der Waals surface area contributed by atoms with Gasteiger partial charge in [-0.1, -0.05) is 15.9 Å². The molecule has 0 bridgehead atoms. The number of piperidine rings is 1. The summed E-state index contributed by atoms with van der Waals surface area (Å²) >= 11 is 8.81. The lowest BCUT2D eigenvalue weighted by Gasteiger charge is -2.29. The van der Waals surface area contributed by atoms with Crippen LogP contribution in [0.5, 0.6) is 0 Å². The third kappa shape index (κ3) is 3.19. The molecule has 0 saturated carbocycles. The van der Waals surface area contributed by atoms with E-state index in [0.29, 0.717) is 0 Å². The van der Waals surface area contributed by atoms with E-state index in [1.165, 1.54) is 19.3 Å². The first-order chi connectivity index (χ1) is 7.75. The van der Waals surface area contributed by atoms with Gasteiger partial charge in [-0.25, -0.2) is 0 Å². The molecule has 1 aromatic rings. The van der Waals surface area contributed by atoms with Crippen LogP contribution in [0.15, 0.2) is 28.7 Å². The lowest BCUT2D eigenvalue weighted by molar-refractivity contribution is 0.346. The van der Waals surface area contributed by atoms with E-state index in [1.54, 1.807) is 0 Å². The second-order valence-corrected chi connectivity index (χ2v) is 5.29. The summed E-state index contributed by atoms with van der Waals surface area (Å²) in [7, 11) is 0. The monoisotopic (exact) mass is 298 g/mol. The number of nitrogens with zero attached hydrogens (tertiary/aromatic N) is 1. The molecule has 1 aromatic carbocycles. The van der Waals surface area contributed by atoms with Gasteiger partial charge in [0.15, 0.2) is 5.11 Å². The molecule has 1 fully saturated rings. The van der Waals surface area contributed by atoms with Crippen LogP contribution in [0, 0.1) is 0 Å². The van der Waals surface area contributed by atoms with Gasteiger partial charge < -0.3 is 10.2 Å². The quantitative estimate of drug-likeness (QED) is 0.797. The van der Waals surface area contributed by atoms with Gasteiger partial charge in [0.2, 0.25) is 0 Å². The van der Waals surface area contributed by atoms with E-state index in [9.17, 15) is 0 Å². The Labute approximate surface area is 110 Å². The summed E-state index contributed by atoms with van der Waals surface area (Å²) in [6.45, 7) is 2.17. The summed E-state index contributed by atoms with van der Waals surface area (Å²) in [6.07, 6.45) is 3.84. The van der Waals surface area contributed by atoms with Gasteiger partial charge in [0.1, 0.15) is 0 Å². The minimum Gasteiger partial charge on any atom is -0.349 e. The Bertz CT molecular complexity index is 358. The van der Waals surface area contributed by atoms with Crippen molar-refractivity contribution < 1.29 is 0 Å². The average Bonchev–Trinajstić information content (AvgIpc) is 2.33. The first kappa shape index (κ1) is 11.9. The van der Waals surface area contributed by atoms with Crippen molar-refractivity contribution in [3.05, 3.63) is 28.7 Å². The van der Waals surface area contributed by atoms with Crippen molar-refractivity contribution in [2.45, 2.75) is 19.3 Å². The summed E-state index contributed by atoms with van der Waals surface area (Å²) in [6, 6.07) is 8.09. The number of hydrogen-bond acceptors (Lipinski definition) is 1. The zero-order chi connectivity index (χ0) is 11.4. The average molecular weight is 299 g/mol. The molecule has 0 aliphatic carbocycles. The number of likely N-dealkylation sites (tertiary alicyclic amines) is 1. The van der Waals surface area contributed by atoms with Gasteiger partial charge in [-0.15, -0.1) is 0 Å². The Morgan fingerprint density at radius 1 is 1.12 bits per heavy atom. The largest absolute Gasteiger partial charge is 0.349 e. The lowest BCUT2D eigenvalue weighted by Crippen LogP contribution is -2.38. The molecule has 2 rings (SSSR count). The third-order valence-electron chi connectivity index (χ3n) is 2.74.